The predicted octanol–water partition coefficient (Wildman–Crippen LogP) is 10.5. The molecule has 0 spiro atoms. The first-order chi connectivity index (χ1) is 27.6. The van der Waals surface area contributed by atoms with E-state index in [0.717, 1.165) is 54.6 Å². The molecule has 2 aromatic heterocycles. The zero-order valence-electron chi connectivity index (χ0n) is 35.8. The second-order valence-corrected chi connectivity index (χ2v) is 17.2. The molecule has 4 aromatic carbocycles. The number of nitrogens with zero attached hydrogens (tertiary/aromatic N) is 6. The number of benzene rings is 4. The van der Waals surface area contributed by atoms with E-state index in [0.29, 0.717) is 24.3 Å². The Morgan fingerprint density at radius 3 is 1.41 bits per heavy atom. The van der Waals surface area contributed by atoms with Gasteiger partial charge in [0.1, 0.15) is 11.6 Å². The third kappa shape index (κ3) is 15.2. The number of nitrogen functional groups attached to an aromatic ring is 1. The van der Waals surface area contributed by atoms with Gasteiger partial charge in [0.25, 0.3) is 0 Å². The predicted molar refractivity (Wildman–Crippen MR) is 242 cm³/mol. The summed E-state index contributed by atoms with van der Waals surface area (Å²) in [6, 6.07) is 41.2. The van der Waals surface area contributed by atoms with Gasteiger partial charge in [-0.3, -0.25) is 9.80 Å². The minimum Gasteiger partial charge on any atom is -0.384 e. The molecule has 0 fully saturated rings. The molecule has 10 heteroatoms. The van der Waals surface area contributed by atoms with Gasteiger partial charge in [-0.15, -0.1) is 0 Å². The molecule has 6 rings (SSSR count). The minimum atomic E-state index is -0.0963. The van der Waals surface area contributed by atoms with Crippen LogP contribution in [0.3, 0.4) is 0 Å². The first kappa shape index (κ1) is 43.3. The molecule has 5 N–H and O–H groups in total. The van der Waals surface area contributed by atoms with Crippen LogP contribution in [0.4, 0.5) is 34.9 Å². The lowest BCUT2D eigenvalue weighted by molar-refractivity contribution is 0.301. The van der Waals surface area contributed by atoms with Gasteiger partial charge >= 0.3 is 0 Å². The zero-order valence-corrected chi connectivity index (χ0v) is 35.8. The third-order valence-electron chi connectivity index (χ3n) is 9.09. The SMILES string of the molecule is Cc1ccc(Nc2nc(CN(C)Cc3ccccc3)cc(NC(C)(C)CC(C)(C)C)n2)cc1.Cc1ccc(Nc2nc(N)cc(CN(C)Cc3ccccc3)n2)cc1. The van der Waals surface area contributed by atoms with E-state index in [-0.39, 0.29) is 11.0 Å². The molecule has 0 radical (unpaired) electrons. The number of anilines is 6. The molecule has 0 unspecified atom stereocenters. The van der Waals surface area contributed by atoms with E-state index in [4.69, 9.17) is 15.7 Å². The van der Waals surface area contributed by atoms with Crippen LogP contribution in [0.15, 0.2) is 121 Å². The highest BCUT2D eigenvalue weighted by atomic mass is 15.2. The summed E-state index contributed by atoms with van der Waals surface area (Å²) in [5.74, 6) is 2.44. The first-order valence-electron chi connectivity index (χ1n) is 20.0. The quantitative estimate of drug-likeness (QED) is 0.0802. The Morgan fingerprint density at radius 1 is 0.534 bits per heavy atom. The van der Waals surface area contributed by atoms with Gasteiger partial charge in [-0.2, -0.15) is 9.97 Å². The molecular formula is C48H62N10. The summed E-state index contributed by atoms with van der Waals surface area (Å²) in [5, 5.41) is 10.3. The second kappa shape index (κ2) is 20.0. The van der Waals surface area contributed by atoms with Crippen LogP contribution in [0, 0.1) is 19.3 Å². The summed E-state index contributed by atoms with van der Waals surface area (Å²) in [4.78, 5) is 23.0. The molecule has 0 saturated heterocycles. The third-order valence-corrected chi connectivity index (χ3v) is 9.09. The molecule has 0 atom stereocenters. The fourth-order valence-corrected chi connectivity index (χ4v) is 7.06. The van der Waals surface area contributed by atoms with Crippen molar-refractivity contribution in [2.45, 2.75) is 86.6 Å². The highest BCUT2D eigenvalue weighted by Crippen LogP contribution is 2.30. The Labute approximate surface area is 346 Å². The molecule has 0 aliphatic carbocycles. The highest BCUT2D eigenvalue weighted by molar-refractivity contribution is 5.57. The van der Waals surface area contributed by atoms with E-state index in [9.17, 15) is 0 Å². The summed E-state index contributed by atoms with van der Waals surface area (Å²) in [7, 11) is 4.19. The largest absolute Gasteiger partial charge is 0.384 e. The van der Waals surface area contributed by atoms with Crippen molar-refractivity contribution in [3.05, 3.63) is 155 Å². The van der Waals surface area contributed by atoms with Crippen molar-refractivity contribution in [1.82, 2.24) is 29.7 Å². The van der Waals surface area contributed by atoms with Crippen molar-refractivity contribution in [3.63, 3.8) is 0 Å². The van der Waals surface area contributed by atoms with E-state index >= 15 is 0 Å². The Kier molecular flexibility index (Phi) is 15.0. The summed E-state index contributed by atoms with van der Waals surface area (Å²) in [6.07, 6.45) is 1.02. The Morgan fingerprint density at radius 2 is 0.966 bits per heavy atom. The van der Waals surface area contributed by atoms with Gasteiger partial charge in [-0.05, 0) is 89.0 Å². The number of hydrogen-bond donors (Lipinski definition) is 4. The van der Waals surface area contributed by atoms with Gasteiger partial charge in [0.15, 0.2) is 0 Å². The molecule has 0 bridgehead atoms. The van der Waals surface area contributed by atoms with E-state index in [1.165, 1.54) is 22.3 Å². The van der Waals surface area contributed by atoms with Crippen molar-refractivity contribution < 1.29 is 0 Å². The number of aromatic nitrogens is 4. The molecule has 6 aromatic rings. The average molecular weight is 779 g/mol. The second-order valence-electron chi connectivity index (χ2n) is 17.2. The maximum atomic E-state index is 5.96. The Bertz CT molecular complexity index is 2150. The van der Waals surface area contributed by atoms with Crippen LogP contribution < -0.4 is 21.7 Å². The van der Waals surface area contributed by atoms with Crippen LogP contribution in [0.1, 0.15) is 74.7 Å². The van der Waals surface area contributed by atoms with Gasteiger partial charge in [0.2, 0.25) is 11.9 Å². The standard InChI is InChI=1S/C28H39N5.C20H23N5/c1-21-13-15-23(16-14-21)29-26-30-24(19-33(7)18-22-11-9-8-10-12-22)17-25(31-26)32-28(5,6)20-27(2,3)4;1-15-8-10-17(11-9-15)22-20-23-18(12-19(21)24-20)14-25(2)13-16-6-4-3-5-7-16/h8-17H,18-20H2,1-7H3,(H2,29,30,31,32);3-12H,13-14H2,1-2H3,(H3,21,22,23,24). The lowest BCUT2D eigenvalue weighted by Crippen LogP contribution is -2.36. The molecule has 10 nitrogen and oxygen atoms in total. The molecule has 0 amide bonds. The van der Waals surface area contributed by atoms with Gasteiger partial charge in [-0.25, -0.2) is 9.97 Å². The van der Waals surface area contributed by atoms with Crippen LogP contribution in [-0.2, 0) is 26.2 Å². The number of nitrogens with two attached hydrogens (primary N) is 1. The molecule has 58 heavy (non-hydrogen) atoms. The number of nitrogens with one attached hydrogen (secondary N) is 3. The van der Waals surface area contributed by atoms with Crippen molar-refractivity contribution in [3.8, 4) is 0 Å². The maximum absolute atomic E-state index is 5.96. The highest BCUT2D eigenvalue weighted by Gasteiger charge is 2.26. The molecular weight excluding hydrogens is 717 g/mol. The summed E-state index contributed by atoms with van der Waals surface area (Å²) in [5.41, 5.74) is 14.9. The van der Waals surface area contributed by atoms with E-state index in [2.05, 4.69) is 177 Å². The van der Waals surface area contributed by atoms with Crippen LogP contribution in [-0.4, -0.2) is 49.4 Å². The van der Waals surface area contributed by atoms with Crippen molar-refractivity contribution in [2.24, 2.45) is 5.41 Å². The fraction of sp³-hybridized carbons (Fsp3) is 0.333. The average Bonchev–Trinajstić information content (AvgIpc) is 3.13. The fourth-order valence-electron chi connectivity index (χ4n) is 7.06. The number of aryl methyl sites for hydroxylation is 2. The van der Waals surface area contributed by atoms with Crippen LogP contribution in [0.25, 0.3) is 0 Å². The van der Waals surface area contributed by atoms with Crippen LogP contribution >= 0.6 is 0 Å². The lowest BCUT2D eigenvalue weighted by Gasteiger charge is -2.34. The van der Waals surface area contributed by atoms with E-state index in [1.807, 2.05) is 42.5 Å². The van der Waals surface area contributed by atoms with Crippen molar-refractivity contribution >= 4 is 34.9 Å². The van der Waals surface area contributed by atoms with Gasteiger partial charge in [0.05, 0.1) is 11.4 Å². The van der Waals surface area contributed by atoms with E-state index in [1.54, 1.807) is 0 Å². The lowest BCUT2D eigenvalue weighted by atomic mass is 9.82. The van der Waals surface area contributed by atoms with Gasteiger partial charge < -0.3 is 21.7 Å². The van der Waals surface area contributed by atoms with Gasteiger partial charge in [0, 0.05) is 55.2 Å². The monoisotopic (exact) mass is 779 g/mol. The van der Waals surface area contributed by atoms with Gasteiger partial charge in [-0.1, -0.05) is 117 Å². The van der Waals surface area contributed by atoms with Crippen molar-refractivity contribution in [2.75, 3.05) is 35.8 Å². The molecule has 304 valence electrons. The molecule has 0 aliphatic heterocycles. The maximum Gasteiger partial charge on any atom is 0.229 e. The van der Waals surface area contributed by atoms with Crippen molar-refractivity contribution in [1.29, 1.82) is 0 Å². The Balaban J connectivity index is 0.000000229. The summed E-state index contributed by atoms with van der Waals surface area (Å²) in [6.45, 7) is 18.6. The summed E-state index contributed by atoms with van der Waals surface area (Å²) >= 11 is 0. The first-order valence-corrected chi connectivity index (χ1v) is 20.0. The zero-order chi connectivity index (χ0) is 41.7. The topological polar surface area (TPSA) is 120 Å². The number of rotatable bonds is 15. The number of hydrogen-bond acceptors (Lipinski definition) is 10. The normalized spacial score (nSPS) is 11.6. The Hall–Kier alpha value is -5.84. The summed E-state index contributed by atoms with van der Waals surface area (Å²) < 4.78 is 0. The molecule has 2 heterocycles. The minimum absolute atomic E-state index is 0.0963. The molecule has 0 aliphatic rings. The smallest absolute Gasteiger partial charge is 0.229 e. The van der Waals surface area contributed by atoms with Crippen LogP contribution in [0.2, 0.25) is 0 Å². The molecule has 0 saturated carbocycles. The van der Waals surface area contributed by atoms with E-state index < -0.39 is 0 Å². The van der Waals surface area contributed by atoms with Crippen LogP contribution in [0.5, 0.6) is 0 Å².